The lowest BCUT2D eigenvalue weighted by Crippen LogP contribution is -2.08. The van der Waals surface area contributed by atoms with Crippen molar-refractivity contribution in [3.05, 3.63) is 84.4 Å². The third-order valence-electron chi connectivity index (χ3n) is 3.75. The van der Waals surface area contributed by atoms with Gasteiger partial charge < -0.3 is 18.9 Å². The number of hydrogen-bond donors (Lipinski definition) is 0. The van der Waals surface area contributed by atoms with Crippen LogP contribution in [0.1, 0.15) is 5.56 Å². The summed E-state index contributed by atoms with van der Waals surface area (Å²) in [5.41, 5.74) is 1.14. The van der Waals surface area contributed by atoms with Crippen LogP contribution in [0, 0.1) is 0 Å². The summed E-state index contributed by atoms with van der Waals surface area (Å²) >= 11 is 0. The van der Waals surface area contributed by atoms with Crippen LogP contribution in [0.3, 0.4) is 0 Å². The second-order valence-corrected chi connectivity index (χ2v) is 5.62. The molecule has 0 heterocycles. The second-order valence-electron chi connectivity index (χ2n) is 5.62. The van der Waals surface area contributed by atoms with Crippen LogP contribution in [0.15, 0.2) is 78.9 Å². The van der Waals surface area contributed by atoms with Gasteiger partial charge in [0.25, 0.3) is 0 Å². The molecule has 0 aliphatic heterocycles. The molecule has 0 radical (unpaired) electrons. The van der Waals surface area contributed by atoms with Gasteiger partial charge in [-0.15, -0.1) is 0 Å². The molecule has 0 saturated carbocycles. The molecule has 0 aliphatic rings. The van der Waals surface area contributed by atoms with Crippen molar-refractivity contribution in [2.45, 2.75) is 6.61 Å². The van der Waals surface area contributed by atoms with E-state index in [1.807, 2.05) is 78.9 Å². The van der Waals surface area contributed by atoms with Crippen LogP contribution in [0.4, 0.5) is 0 Å². The molecule has 4 heteroatoms. The Labute approximate surface area is 153 Å². The van der Waals surface area contributed by atoms with E-state index >= 15 is 0 Å². The Kier molecular flexibility index (Phi) is 6.37. The monoisotopic (exact) mass is 350 g/mol. The number of benzene rings is 3. The first-order valence-corrected chi connectivity index (χ1v) is 8.50. The van der Waals surface area contributed by atoms with E-state index in [0.717, 1.165) is 28.6 Å². The van der Waals surface area contributed by atoms with Gasteiger partial charge in [0.15, 0.2) is 0 Å². The molecule has 0 saturated heterocycles. The number of rotatable bonds is 9. The standard InChI is InChI=1S/C22H22O4/c1-23-19-7-9-20(10-8-19)24-15-16-25-21-11-13-22(14-12-21)26-17-18-5-3-2-4-6-18/h2-14H,15-17H2,1H3. The first-order chi connectivity index (χ1) is 12.8. The van der Waals surface area contributed by atoms with Crippen molar-refractivity contribution in [1.29, 1.82) is 0 Å². The lowest BCUT2D eigenvalue weighted by Gasteiger charge is -2.10. The largest absolute Gasteiger partial charge is 0.497 e. The lowest BCUT2D eigenvalue weighted by molar-refractivity contribution is 0.216. The van der Waals surface area contributed by atoms with Crippen molar-refractivity contribution in [1.82, 2.24) is 0 Å². The Morgan fingerprint density at radius 3 is 1.50 bits per heavy atom. The fourth-order valence-electron chi connectivity index (χ4n) is 2.36. The van der Waals surface area contributed by atoms with Gasteiger partial charge in [-0.1, -0.05) is 30.3 Å². The molecular formula is C22H22O4. The summed E-state index contributed by atoms with van der Waals surface area (Å²) in [6.07, 6.45) is 0. The summed E-state index contributed by atoms with van der Waals surface area (Å²) in [4.78, 5) is 0. The van der Waals surface area contributed by atoms with Gasteiger partial charge in [-0.25, -0.2) is 0 Å². The molecule has 0 aromatic heterocycles. The predicted molar refractivity (Wildman–Crippen MR) is 101 cm³/mol. The van der Waals surface area contributed by atoms with E-state index in [1.54, 1.807) is 7.11 Å². The SMILES string of the molecule is COc1ccc(OCCOc2ccc(OCc3ccccc3)cc2)cc1. The summed E-state index contributed by atoms with van der Waals surface area (Å²) in [5, 5.41) is 0. The Hall–Kier alpha value is -3.14. The van der Waals surface area contributed by atoms with Gasteiger partial charge in [-0.3, -0.25) is 0 Å². The van der Waals surface area contributed by atoms with Crippen LogP contribution in [0.5, 0.6) is 23.0 Å². The smallest absolute Gasteiger partial charge is 0.122 e. The Bertz CT molecular complexity index is 768. The third kappa shape index (κ3) is 5.45. The van der Waals surface area contributed by atoms with Gasteiger partial charge in [-0.2, -0.15) is 0 Å². The first-order valence-electron chi connectivity index (χ1n) is 8.50. The van der Waals surface area contributed by atoms with Gasteiger partial charge in [0.05, 0.1) is 7.11 Å². The molecule has 26 heavy (non-hydrogen) atoms. The normalized spacial score (nSPS) is 10.2. The van der Waals surface area contributed by atoms with Crippen molar-refractivity contribution in [3.63, 3.8) is 0 Å². The molecule has 4 nitrogen and oxygen atoms in total. The van der Waals surface area contributed by atoms with E-state index in [4.69, 9.17) is 18.9 Å². The van der Waals surface area contributed by atoms with Crippen LogP contribution in [-0.2, 0) is 6.61 Å². The Balaban J connectivity index is 1.38. The second kappa shape index (κ2) is 9.37. The summed E-state index contributed by atoms with van der Waals surface area (Å²) in [6, 6.07) is 25.2. The zero-order valence-electron chi connectivity index (χ0n) is 14.8. The molecule has 3 aromatic rings. The fraction of sp³-hybridized carbons (Fsp3) is 0.182. The first kappa shape index (κ1) is 17.7. The maximum atomic E-state index is 5.76. The van der Waals surface area contributed by atoms with Crippen molar-refractivity contribution in [3.8, 4) is 23.0 Å². The highest BCUT2D eigenvalue weighted by Gasteiger charge is 1.99. The van der Waals surface area contributed by atoms with Gasteiger partial charge in [-0.05, 0) is 54.1 Å². The van der Waals surface area contributed by atoms with Crippen LogP contribution in [0.25, 0.3) is 0 Å². The molecule has 3 rings (SSSR count). The molecule has 134 valence electrons. The average molecular weight is 350 g/mol. The molecule has 0 atom stereocenters. The fourth-order valence-corrected chi connectivity index (χ4v) is 2.36. The minimum atomic E-state index is 0.469. The molecule has 0 spiro atoms. The highest BCUT2D eigenvalue weighted by Crippen LogP contribution is 2.19. The summed E-state index contributed by atoms with van der Waals surface area (Å²) in [6.45, 7) is 1.49. The van der Waals surface area contributed by atoms with E-state index in [9.17, 15) is 0 Å². The minimum absolute atomic E-state index is 0.469. The zero-order chi connectivity index (χ0) is 18.0. The highest BCUT2D eigenvalue weighted by molar-refractivity contribution is 5.32. The number of hydrogen-bond acceptors (Lipinski definition) is 4. The summed E-state index contributed by atoms with van der Waals surface area (Å²) < 4.78 is 22.2. The minimum Gasteiger partial charge on any atom is -0.497 e. The quantitative estimate of drug-likeness (QED) is 0.523. The zero-order valence-corrected chi connectivity index (χ0v) is 14.8. The molecule has 0 bridgehead atoms. The van der Waals surface area contributed by atoms with Gasteiger partial charge in [0.1, 0.15) is 42.8 Å². The van der Waals surface area contributed by atoms with Gasteiger partial charge in [0, 0.05) is 0 Å². The molecule has 0 amide bonds. The lowest BCUT2D eigenvalue weighted by atomic mass is 10.2. The molecular weight excluding hydrogens is 328 g/mol. The van der Waals surface area contributed by atoms with Gasteiger partial charge in [0.2, 0.25) is 0 Å². The van der Waals surface area contributed by atoms with Crippen molar-refractivity contribution >= 4 is 0 Å². The average Bonchev–Trinajstić information content (AvgIpc) is 2.72. The third-order valence-corrected chi connectivity index (χ3v) is 3.75. The Morgan fingerprint density at radius 2 is 1.00 bits per heavy atom. The van der Waals surface area contributed by atoms with E-state index < -0.39 is 0 Å². The molecule has 0 fully saturated rings. The van der Waals surface area contributed by atoms with E-state index in [2.05, 4.69) is 0 Å². The Morgan fingerprint density at radius 1 is 0.538 bits per heavy atom. The van der Waals surface area contributed by atoms with Crippen LogP contribution in [-0.4, -0.2) is 20.3 Å². The number of ether oxygens (including phenoxy) is 4. The summed E-state index contributed by atoms with van der Waals surface area (Å²) in [7, 11) is 1.64. The van der Waals surface area contributed by atoms with E-state index in [-0.39, 0.29) is 0 Å². The number of methoxy groups -OCH3 is 1. The molecule has 0 unspecified atom stereocenters. The summed E-state index contributed by atoms with van der Waals surface area (Å²) in [5.74, 6) is 3.20. The van der Waals surface area contributed by atoms with Crippen LogP contribution < -0.4 is 18.9 Å². The maximum Gasteiger partial charge on any atom is 0.122 e. The maximum absolute atomic E-state index is 5.76. The van der Waals surface area contributed by atoms with Crippen LogP contribution in [0.2, 0.25) is 0 Å². The molecule has 0 N–H and O–H groups in total. The predicted octanol–water partition coefficient (Wildman–Crippen LogP) is 4.73. The van der Waals surface area contributed by atoms with Crippen molar-refractivity contribution < 1.29 is 18.9 Å². The topological polar surface area (TPSA) is 36.9 Å². The van der Waals surface area contributed by atoms with Gasteiger partial charge >= 0.3 is 0 Å². The van der Waals surface area contributed by atoms with E-state index in [1.165, 1.54) is 0 Å². The molecule has 3 aromatic carbocycles. The highest BCUT2D eigenvalue weighted by atomic mass is 16.5. The van der Waals surface area contributed by atoms with Crippen molar-refractivity contribution in [2.24, 2.45) is 0 Å². The molecule has 0 aliphatic carbocycles. The van der Waals surface area contributed by atoms with Crippen molar-refractivity contribution in [2.75, 3.05) is 20.3 Å². The van der Waals surface area contributed by atoms with Crippen LogP contribution >= 0.6 is 0 Å². The van der Waals surface area contributed by atoms with E-state index in [0.29, 0.717) is 19.8 Å².